The number of carbonyl (C=O) groups is 1. The van der Waals surface area contributed by atoms with E-state index >= 15 is 0 Å². The van der Waals surface area contributed by atoms with Crippen LogP contribution in [0.25, 0.3) is 6.08 Å². The first-order valence-electron chi connectivity index (χ1n) is 13.2. The van der Waals surface area contributed by atoms with E-state index in [1.54, 1.807) is 27.7 Å². The van der Waals surface area contributed by atoms with Gasteiger partial charge < -0.3 is 59.7 Å². The number of rotatable bonds is 7. The van der Waals surface area contributed by atoms with Gasteiger partial charge in [0.15, 0.2) is 11.5 Å². The van der Waals surface area contributed by atoms with E-state index in [4.69, 9.17) is 23.8 Å². The number of amides is 1. The maximum absolute atomic E-state index is 12.8. The van der Waals surface area contributed by atoms with E-state index in [2.05, 4.69) is 10.5 Å². The second-order valence-electron chi connectivity index (χ2n) is 11.4. The van der Waals surface area contributed by atoms with E-state index in [9.17, 15) is 35.4 Å². The van der Waals surface area contributed by atoms with E-state index < -0.39 is 72.7 Å². The largest absolute Gasteiger partial charge is 0.504 e. The second kappa shape index (κ2) is 12.2. The molecule has 1 aromatic rings. The Morgan fingerprint density at radius 3 is 2.29 bits per heavy atom. The summed E-state index contributed by atoms with van der Waals surface area (Å²) in [5.41, 5.74) is 0.311. The predicted octanol–water partition coefficient (Wildman–Crippen LogP) is -0.865. The molecule has 228 valence electrons. The summed E-state index contributed by atoms with van der Waals surface area (Å²) in [6, 6.07) is 3.04. The normalized spacial score (nSPS) is 36.1. The van der Waals surface area contributed by atoms with Gasteiger partial charge in [0.2, 0.25) is 12.2 Å². The molecule has 1 saturated carbocycles. The summed E-state index contributed by atoms with van der Waals surface area (Å²) in [5, 5.41) is 69.1. The zero-order chi connectivity index (χ0) is 30.2. The van der Waals surface area contributed by atoms with Crippen molar-refractivity contribution in [2.75, 3.05) is 6.79 Å². The molecule has 14 heteroatoms. The van der Waals surface area contributed by atoms with Crippen molar-refractivity contribution < 1.29 is 59.2 Å². The lowest BCUT2D eigenvalue weighted by molar-refractivity contribution is -0.155. The molecule has 14 nitrogen and oxygen atoms in total. The number of fused-ring (bicyclic) bond motifs is 1. The summed E-state index contributed by atoms with van der Waals surface area (Å²) in [5.74, 6) is -1.00. The monoisotopic (exact) mass is 582 g/mol. The van der Waals surface area contributed by atoms with E-state index in [0.717, 1.165) is 0 Å². The highest BCUT2D eigenvalue weighted by Gasteiger charge is 2.53. The van der Waals surface area contributed by atoms with Crippen molar-refractivity contribution in [2.24, 2.45) is 5.16 Å². The summed E-state index contributed by atoms with van der Waals surface area (Å²) in [7, 11) is 0. The molecule has 3 aliphatic rings. The van der Waals surface area contributed by atoms with Crippen LogP contribution in [0, 0.1) is 0 Å². The number of nitrogens with one attached hydrogen (secondary N) is 1. The number of hydrogen-bond donors (Lipinski definition) is 7. The van der Waals surface area contributed by atoms with Crippen LogP contribution < -0.4 is 10.1 Å². The summed E-state index contributed by atoms with van der Waals surface area (Å²) in [6.45, 7) is 8.34. The van der Waals surface area contributed by atoms with Gasteiger partial charge in [0.05, 0.1) is 11.8 Å². The number of oxime groups is 1. The van der Waals surface area contributed by atoms with Gasteiger partial charge in [-0.05, 0) is 58.4 Å². The van der Waals surface area contributed by atoms with Crippen molar-refractivity contribution in [3.8, 4) is 11.5 Å². The van der Waals surface area contributed by atoms with Crippen molar-refractivity contribution in [3.05, 3.63) is 29.3 Å². The molecule has 2 saturated heterocycles. The number of aliphatic hydroxyl groups excluding tert-OH is 5. The average Bonchev–Trinajstić information content (AvgIpc) is 3.51. The van der Waals surface area contributed by atoms with Crippen LogP contribution in [-0.4, -0.2) is 116 Å². The third-order valence-corrected chi connectivity index (χ3v) is 6.96. The fourth-order valence-corrected chi connectivity index (χ4v) is 4.74. The third-order valence-electron chi connectivity index (χ3n) is 6.96. The van der Waals surface area contributed by atoms with Gasteiger partial charge >= 0.3 is 0 Å². The number of benzene rings is 1. The number of aliphatic hydroxyl groups is 5. The zero-order valence-electron chi connectivity index (χ0n) is 23.4. The molecule has 0 radical (unpaired) electrons. The molecule has 1 aliphatic carbocycles. The first-order valence-corrected chi connectivity index (χ1v) is 13.2. The van der Waals surface area contributed by atoms with Gasteiger partial charge in [-0.15, -0.1) is 0 Å². The van der Waals surface area contributed by atoms with Crippen LogP contribution in [0.1, 0.15) is 40.2 Å². The topological polar surface area (TPSA) is 209 Å². The molecule has 2 heterocycles. The third kappa shape index (κ3) is 6.81. The number of aromatic hydroxyl groups is 1. The Hall–Kier alpha value is -2.82. The minimum Gasteiger partial charge on any atom is -0.504 e. The van der Waals surface area contributed by atoms with Crippen molar-refractivity contribution in [3.63, 3.8) is 0 Å². The fourth-order valence-electron chi connectivity index (χ4n) is 4.74. The molecule has 0 aromatic heterocycles. The van der Waals surface area contributed by atoms with Gasteiger partial charge in [0.25, 0.3) is 0 Å². The molecular formula is C27H38N2O12. The molecule has 0 bridgehead atoms. The Balaban J connectivity index is 1.39. The van der Waals surface area contributed by atoms with Crippen molar-refractivity contribution in [2.45, 2.75) is 101 Å². The minimum absolute atomic E-state index is 0.0440. The van der Waals surface area contributed by atoms with Gasteiger partial charge in [-0.2, -0.15) is 0 Å². The van der Waals surface area contributed by atoms with Crippen molar-refractivity contribution in [1.29, 1.82) is 0 Å². The van der Waals surface area contributed by atoms with Crippen LogP contribution in [0.3, 0.4) is 0 Å². The summed E-state index contributed by atoms with van der Waals surface area (Å²) >= 11 is 0. The Morgan fingerprint density at radius 1 is 1.00 bits per heavy atom. The van der Waals surface area contributed by atoms with Crippen molar-refractivity contribution in [1.82, 2.24) is 5.32 Å². The molecule has 1 amide bonds. The van der Waals surface area contributed by atoms with Crippen LogP contribution >= 0.6 is 0 Å². The van der Waals surface area contributed by atoms with Crippen molar-refractivity contribution >= 4 is 17.7 Å². The van der Waals surface area contributed by atoms with Crippen LogP contribution in [0.4, 0.5) is 0 Å². The Morgan fingerprint density at radius 2 is 1.66 bits per heavy atom. The smallest absolute Gasteiger partial charge is 0.247 e. The highest BCUT2D eigenvalue weighted by molar-refractivity contribution is 5.97. The standard InChI is InChI=1S/C27H38N2O12/c1-11(25(36)28-16-17(31)19(33)24-23(18(16)32)37-10-38-24)8-13-6-7-15(14(30)9-13)39-26-21(35)20(34)22(40-26)12(2)29-41-27(3,4)5/h6-9,16-24,26,30-35H,10H2,1-5H3,(H,28,36)/b11-8-,29-12-/t16-,17+,18-,19-,20+,21+,22?,23+,24-,26-/m1/s1. The molecular weight excluding hydrogens is 544 g/mol. The average molecular weight is 583 g/mol. The minimum atomic E-state index is -1.49. The summed E-state index contributed by atoms with van der Waals surface area (Å²) in [4.78, 5) is 18.2. The molecule has 2 aliphatic heterocycles. The molecule has 1 aromatic carbocycles. The van der Waals surface area contributed by atoms with Gasteiger partial charge in [0.1, 0.15) is 61.2 Å². The number of hydrogen-bond acceptors (Lipinski definition) is 13. The van der Waals surface area contributed by atoms with Gasteiger partial charge in [-0.3, -0.25) is 4.79 Å². The fraction of sp³-hybridized carbons (Fsp3) is 0.630. The lowest BCUT2D eigenvalue weighted by Crippen LogP contribution is -2.67. The zero-order valence-corrected chi connectivity index (χ0v) is 23.4. The van der Waals surface area contributed by atoms with Crippen LogP contribution in [0.15, 0.2) is 28.9 Å². The molecule has 41 heavy (non-hydrogen) atoms. The van der Waals surface area contributed by atoms with Crippen LogP contribution in [-0.2, 0) is 23.8 Å². The maximum Gasteiger partial charge on any atom is 0.247 e. The molecule has 0 spiro atoms. The Labute approximate surface area is 236 Å². The lowest BCUT2D eigenvalue weighted by Gasteiger charge is -2.41. The number of nitrogens with zero attached hydrogens (tertiary/aromatic N) is 1. The number of ether oxygens (including phenoxy) is 4. The summed E-state index contributed by atoms with van der Waals surface area (Å²) in [6.07, 6.45) is -9.62. The first kappa shape index (κ1) is 31.1. The van der Waals surface area contributed by atoms with Crippen LogP contribution in [0.5, 0.6) is 11.5 Å². The number of phenols is 1. The highest BCUT2D eigenvalue weighted by Crippen LogP contribution is 2.33. The lowest BCUT2D eigenvalue weighted by atomic mass is 9.83. The first-order chi connectivity index (χ1) is 19.2. The molecule has 4 rings (SSSR count). The van der Waals surface area contributed by atoms with E-state index in [-0.39, 0.29) is 23.9 Å². The van der Waals surface area contributed by atoms with Gasteiger partial charge in [0, 0.05) is 5.57 Å². The van der Waals surface area contributed by atoms with E-state index in [1.807, 2.05) is 0 Å². The molecule has 7 N–H and O–H groups in total. The summed E-state index contributed by atoms with van der Waals surface area (Å²) < 4.78 is 21.7. The van der Waals surface area contributed by atoms with Crippen LogP contribution in [0.2, 0.25) is 0 Å². The molecule has 10 atom stereocenters. The Kier molecular flexibility index (Phi) is 9.26. The van der Waals surface area contributed by atoms with E-state index in [0.29, 0.717) is 11.3 Å². The van der Waals surface area contributed by atoms with Gasteiger partial charge in [-0.1, -0.05) is 11.2 Å². The Bertz CT molecular complexity index is 1170. The molecule has 1 unspecified atom stereocenters. The maximum atomic E-state index is 12.8. The molecule has 3 fully saturated rings. The van der Waals surface area contributed by atoms with Gasteiger partial charge in [-0.25, -0.2) is 0 Å². The number of carbonyl (C=O) groups excluding carboxylic acids is 1. The highest BCUT2D eigenvalue weighted by atomic mass is 16.7. The quantitative estimate of drug-likeness (QED) is 0.119. The predicted molar refractivity (Wildman–Crippen MR) is 142 cm³/mol. The number of phenolic OH excluding ortho intramolecular Hbond substituents is 1. The SMILES string of the molecule is C/C(=C/c1ccc(O[C@@H]2OC(/C(C)=N\OC(C)(C)C)[C@@H](O)[C@@H]2O)c(O)c1)C(=O)N[C@@H]1[C@H](O)[C@@H](O)[C@H]2OCO[C@H]2[C@@H]1O. The van der Waals surface area contributed by atoms with E-state index in [1.165, 1.54) is 31.2 Å². The second-order valence-corrected chi connectivity index (χ2v) is 11.4.